The van der Waals surface area contributed by atoms with Gasteiger partial charge in [0.15, 0.2) is 0 Å². The Kier molecular flexibility index (Phi) is 5.45. The number of pyridine rings is 1. The summed E-state index contributed by atoms with van der Waals surface area (Å²) in [5.74, 6) is -0.881. The monoisotopic (exact) mass is 393 g/mol. The lowest BCUT2D eigenvalue weighted by Gasteiger charge is -2.20. The van der Waals surface area contributed by atoms with E-state index >= 15 is 0 Å². The predicted octanol–water partition coefficient (Wildman–Crippen LogP) is 3.74. The van der Waals surface area contributed by atoms with Gasteiger partial charge in [0.05, 0.1) is 17.8 Å². The number of aromatic hydroxyl groups is 1. The van der Waals surface area contributed by atoms with E-state index in [0.29, 0.717) is 28.9 Å². The van der Waals surface area contributed by atoms with Crippen molar-refractivity contribution in [3.63, 3.8) is 0 Å². The molecule has 29 heavy (non-hydrogen) atoms. The van der Waals surface area contributed by atoms with Gasteiger partial charge in [-0.1, -0.05) is 37.3 Å². The lowest BCUT2D eigenvalue weighted by atomic mass is 10.1. The highest BCUT2D eigenvalue weighted by Gasteiger charge is 2.22. The van der Waals surface area contributed by atoms with E-state index in [1.165, 1.54) is 18.6 Å². The zero-order valence-corrected chi connectivity index (χ0v) is 16.4. The first-order valence-electron chi connectivity index (χ1n) is 9.97. The van der Waals surface area contributed by atoms with E-state index in [2.05, 4.69) is 16.8 Å². The quantitative estimate of drug-likeness (QED) is 0.672. The number of fused-ring (bicyclic) bond motifs is 1. The van der Waals surface area contributed by atoms with E-state index in [1.807, 2.05) is 6.07 Å². The average Bonchev–Trinajstić information content (AvgIpc) is 3.19. The van der Waals surface area contributed by atoms with Gasteiger partial charge < -0.3 is 5.11 Å². The topological polar surface area (TPSA) is 57.8 Å². The number of likely N-dealkylation sites (tertiary alicyclic amines) is 1. The van der Waals surface area contributed by atoms with Crippen molar-refractivity contribution in [3.8, 4) is 11.6 Å². The molecule has 1 fully saturated rings. The van der Waals surface area contributed by atoms with Crippen LogP contribution in [0.25, 0.3) is 16.5 Å². The van der Waals surface area contributed by atoms with Gasteiger partial charge in [-0.2, -0.15) is 0 Å². The first kappa shape index (κ1) is 19.3. The normalized spacial score (nSPS) is 17.5. The van der Waals surface area contributed by atoms with E-state index in [9.17, 15) is 14.3 Å². The van der Waals surface area contributed by atoms with Crippen LogP contribution in [0.4, 0.5) is 4.39 Å². The number of benzene rings is 2. The SMILES string of the molecule is CCN1CCCC1CN=Cc1c(O)n(-c2ccccc2F)c(=O)c2ccccc12. The Balaban J connectivity index is 1.82. The second-order valence-corrected chi connectivity index (χ2v) is 7.29. The van der Waals surface area contributed by atoms with E-state index in [0.717, 1.165) is 24.1 Å². The molecule has 0 amide bonds. The van der Waals surface area contributed by atoms with Gasteiger partial charge in [0.2, 0.25) is 5.88 Å². The molecule has 0 saturated carbocycles. The third kappa shape index (κ3) is 3.56. The maximum Gasteiger partial charge on any atom is 0.265 e. The van der Waals surface area contributed by atoms with Crippen molar-refractivity contribution in [2.75, 3.05) is 19.6 Å². The summed E-state index contributed by atoms with van der Waals surface area (Å²) in [5.41, 5.74) is -0.0267. The largest absolute Gasteiger partial charge is 0.494 e. The molecule has 1 aliphatic heterocycles. The highest BCUT2D eigenvalue weighted by molar-refractivity contribution is 6.01. The molecule has 6 heteroatoms. The Hall–Kier alpha value is -2.99. The summed E-state index contributed by atoms with van der Waals surface area (Å²) in [6.07, 6.45) is 3.88. The number of rotatable bonds is 5. The van der Waals surface area contributed by atoms with Crippen LogP contribution in [-0.2, 0) is 0 Å². The van der Waals surface area contributed by atoms with Crippen LogP contribution < -0.4 is 5.56 Å². The molecular weight excluding hydrogens is 369 g/mol. The third-order valence-corrected chi connectivity index (χ3v) is 5.64. The summed E-state index contributed by atoms with van der Waals surface area (Å²) in [4.78, 5) is 20.0. The summed E-state index contributed by atoms with van der Waals surface area (Å²) in [6, 6.07) is 13.3. The summed E-state index contributed by atoms with van der Waals surface area (Å²) >= 11 is 0. The van der Waals surface area contributed by atoms with Crippen molar-refractivity contribution in [1.82, 2.24) is 9.47 Å². The molecule has 0 spiro atoms. The van der Waals surface area contributed by atoms with Gasteiger partial charge in [0, 0.05) is 23.0 Å². The molecule has 1 saturated heterocycles. The van der Waals surface area contributed by atoms with Crippen LogP contribution in [0.1, 0.15) is 25.3 Å². The Morgan fingerprint density at radius 1 is 1.17 bits per heavy atom. The van der Waals surface area contributed by atoms with Crippen LogP contribution >= 0.6 is 0 Å². The lowest BCUT2D eigenvalue weighted by Crippen LogP contribution is -2.31. The van der Waals surface area contributed by atoms with Gasteiger partial charge in [-0.3, -0.25) is 14.7 Å². The van der Waals surface area contributed by atoms with Gasteiger partial charge in [-0.05, 0) is 44.1 Å². The van der Waals surface area contributed by atoms with Crippen molar-refractivity contribution in [3.05, 3.63) is 70.3 Å². The molecular formula is C23H24FN3O2. The molecule has 1 atom stereocenters. The summed E-state index contributed by atoms with van der Waals surface area (Å²) < 4.78 is 15.4. The van der Waals surface area contributed by atoms with Crippen LogP contribution in [0.5, 0.6) is 5.88 Å². The number of para-hydroxylation sites is 1. The minimum atomic E-state index is -0.576. The molecule has 0 bridgehead atoms. The molecule has 150 valence electrons. The van der Waals surface area contributed by atoms with E-state index in [4.69, 9.17) is 0 Å². The minimum absolute atomic E-state index is 0.0170. The minimum Gasteiger partial charge on any atom is -0.494 e. The maximum absolute atomic E-state index is 14.4. The molecule has 5 nitrogen and oxygen atoms in total. The molecule has 1 aliphatic rings. The second kappa shape index (κ2) is 8.17. The number of nitrogens with zero attached hydrogens (tertiary/aromatic N) is 3. The number of aliphatic imine (C=N–C) groups is 1. The average molecular weight is 393 g/mol. The summed E-state index contributed by atoms with van der Waals surface area (Å²) in [6.45, 7) is 4.85. The molecule has 1 unspecified atom stereocenters. The van der Waals surface area contributed by atoms with Gasteiger partial charge in [-0.15, -0.1) is 0 Å². The Bertz CT molecular complexity index is 1120. The summed E-state index contributed by atoms with van der Waals surface area (Å²) in [7, 11) is 0. The molecule has 4 rings (SSSR count). The first-order chi connectivity index (χ1) is 14.1. The Labute approximate surface area is 168 Å². The Morgan fingerprint density at radius 2 is 1.90 bits per heavy atom. The van der Waals surface area contributed by atoms with E-state index in [1.54, 1.807) is 36.5 Å². The van der Waals surface area contributed by atoms with E-state index < -0.39 is 11.4 Å². The second-order valence-electron chi connectivity index (χ2n) is 7.29. The molecule has 1 N–H and O–H groups in total. The van der Waals surface area contributed by atoms with Crippen LogP contribution in [0.15, 0.2) is 58.3 Å². The smallest absolute Gasteiger partial charge is 0.265 e. The number of hydrogen-bond donors (Lipinski definition) is 1. The molecule has 0 radical (unpaired) electrons. The van der Waals surface area contributed by atoms with E-state index in [-0.39, 0.29) is 11.6 Å². The lowest BCUT2D eigenvalue weighted by molar-refractivity contribution is 0.273. The number of aromatic nitrogens is 1. The number of halogens is 1. The number of likely N-dealkylation sites (N-methyl/N-ethyl adjacent to an activating group) is 1. The van der Waals surface area contributed by atoms with Crippen molar-refractivity contribution < 1.29 is 9.50 Å². The molecule has 2 heterocycles. The van der Waals surface area contributed by atoms with Crippen LogP contribution in [0.2, 0.25) is 0 Å². The maximum atomic E-state index is 14.4. The predicted molar refractivity (Wildman–Crippen MR) is 114 cm³/mol. The standard InChI is InChI=1S/C23H24FN3O2/c1-2-26-13-7-8-16(26)14-25-15-19-17-9-3-4-10-18(17)22(28)27(23(19)29)21-12-6-5-11-20(21)24/h3-6,9-12,15-16,29H,2,7-8,13-14H2,1H3. The van der Waals surface area contributed by atoms with Gasteiger partial charge in [0.1, 0.15) is 5.82 Å². The van der Waals surface area contributed by atoms with Gasteiger partial charge in [0.25, 0.3) is 5.56 Å². The van der Waals surface area contributed by atoms with Crippen molar-refractivity contribution >= 4 is 17.0 Å². The van der Waals surface area contributed by atoms with Crippen LogP contribution in [-0.4, -0.2) is 46.5 Å². The number of hydrogen-bond acceptors (Lipinski definition) is 4. The summed E-state index contributed by atoms with van der Waals surface area (Å²) in [5, 5.41) is 11.9. The zero-order chi connectivity index (χ0) is 20.4. The highest BCUT2D eigenvalue weighted by Crippen LogP contribution is 2.27. The molecule has 3 aromatic rings. The fourth-order valence-corrected chi connectivity index (χ4v) is 4.13. The Morgan fingerprint density at radius 3 is 2.66 bits per heavy atom. The van der Waals surface area contributed by atoms with Crippen LogP contribution in [0.3, 0.4) is 0 Å². The first-order valence-corrected chi connectivity index (χ1v) is 9.97. The fourth-order valence-electron chi connectivity index (χ4n) is 4.13. The third-order valence-electron chi connectivity index (χ3n) is 5.64. The molecule has 2 aromatic carbocycles. The molecule has 1 aromatic heterocycles. The van der Waals surface area contributed by atoms with Gasteiger partial charge in [-0.25, -0.2) is 8.96 Å². The highest BCUT2D eigenvalue weighted by atomic mass is 19.1. The fraction of sp³-hybridized carbons (Fsp3) is 0.304. The molecule has 0 aliphatic carbocycles. The van der Waals surface area contributed by atoms with Gasteiger partial charge >= 0.3 is 0 Å². The van der Waals surface area contributed by atoms with Crippen LogP contribution in [0, 0.1) is 5.82 Å². The van der Waals surface area contributed by atoms with Crippen molar-refractivity contribution in [2.45, 2.75) is 25.8 Å². The zero-order valence-electron chi connectivity index (χ0n) is 16.4. The van der Waals surface area contributed by atoms with Crippen molar-refractivity contribution in [2.24, 2.45) is 4.99 Å². The van der Waals surface area contributed by atoms with Crippen molar-refractivity contribution in [1.29, 1.82) is 0 Å².